The SMILES string of the molecule is CCCCOc1ccc(C(=O)NCCCC(N)=S)cc1. The molecule has 1 amide bonds. The Kier molecular flexibility index (Phi) is 7.65. The number of nitrogens with two attached hydrogens (primary N) is 1. The van der Waals surface area contributed by atoms with E-state index in [2.05, 4.69) is 12.2 Å². The number of carbonyl (C=O) groups excluding carboxylic acids is 1. The van der Waals surface area contributed by atoms with Gasteiger partial charge in [-0.2, -0.15) is 0 Å². The molecule has 110 valence electrons. The van der Waals surface area contributed by atoms with Crippen LogP contribution in [0.25, 0.3) is 0 Å². The molecule has 0 aliphatic carbocycles. The summed E-state index contributed by atoms with van der Waals surface area (Å²) in [5, 5.41) is 2.83. The van der Waals surface area contributed by atoms with Gasteiger partial charge in [-0.3, -0.25) is 4.79 Å². The van der Waals surface area contributed by atoms with Gasteiger partial charge in [0.05, 0.1) is 11.6 Å². The number of nitrogens with one attached hydrogen (secondary N) is 1. The highest BCUT2D eigenvalue weighted by Crippen LogP contribution is 2.12. The number of benzene rings is 1. The molecule has 0 aliphatic rings. The van der Waals surface area contributed by atoms with Gasteiger partial charge in [0.25, 0.3) is 5.91 Å². The highest BCUT2D eigenvalue weighted by atomic mass is 32.1. The van der Waals surface area contributed by atoms with E-state index in [0.717, 1.165) is 25.0 Å². The number of ether oxygens (including phenoxy) is 1. The molecule has 20 heavy (non-hydrogen) atoms. The van der Waals surface area contributed by atoms with E-state index in [4.69, 9.17) is 22.7 Å². The summed E-state index contributed by atoms with van der Waals surface area (Å²) in [5.41, 5.74) is 6.02. The fourth-order valence-corrected chi connectivity index (χ4v) is 1.75. The van der Waals surface area contributed by atoms with Crippen LogP contribution < -0.4 is 15.8 Å². The average molecular weight is 294 g/mol. The van der Waals surface area contributed by atoms with Gasteiger partial charge in [0.1, 0.15) is 5.75 Å². The summed E-state index contributed by atoms with van der Waals surface area (Å²) in [6, 6.07) is 7.17. The van der Waals surface area contributed by atoms with Gasteiger partial charge in [-0.15, -0.1) is 0 Å². The first-order chi connectivity index (χ1) is 9.63. The molecule has 4 nitrogen and oxygen atoms in total. The van der Waals surface area contributed by atoms with E-state index in [0.29, 0.717) is 30.1 Å². The summed E-state index contributed by atoms with van der Waals surface area (Å²) >= 11 is 4.78. The molecule has 0 fully saturated rings. The first-order valence-electron chi connectivity index (χ1n) is 6.93. The number of unbranched alkanes of at least 4 members (excludes halogenated alkanes) is 1. The Labute approximate surface area is 125 Å². The van der Waals surface area contributed by atoms with Gasteiger partial charge in [-0.1, -0.05) is 25.6 Å². The molecule has 0 radical (unpaired) electrons. The predicted molar refractivity (Wildman–Crippen MR) is 85.2 cm³/mol. The van der Waals surface area contributed by atoms with Gasteiger partial charge >= 0.3 is 0 Å². The summed E-state index contributed by atoms with van der Waals surface area (Å²) < 4.78 is 5.55. The molecule has 5 heteroatoms. The third kappa shape index (κ3) is 6.52. The van der Waals surface area contributed by atoms with Crippen LogP contribution in [0.2, 0.25) is 0 Å². The fourth-order valence-electron chi connectivity index (χ4n) is 1.60. The van der Waals surface area contributed by atoms with Crippen LogP contribution in [0.15, 0.2) is 24.3 Å². The third-order valence-corrected chi connectivity index (χ3v) is 2.97. The second kappa shape index (κ2) is 9.31. The lowest BCUT2D eigenvalue weighted by molar-refractivity contribution is 0.0953. The van der Waals surface area contributed by atoms with Crippen LogP contribution in [-0.4, -0.2) is 24.0 Å². The topological polar surface area (TPSA) is 64.3 Å². The molecular formula is C15H22N2O2S. The molecule has 0 aliphatic heterocycles. The quantitative estimate of drug-likeness (QED) is 0.543. The van der Waals surface area contributed by atoms with Gasteiger partial charge in [-0.05, 0) is 43.5 Å². The Morgan fingerprint density at radius 2 is 2.00 bits per heavy atom. The van der Waals surface area contributed by atoms with Crippen molar-refractivity contribution in [2.75, 3.05) is 13.2 Å². The van der Waals surface area contributed by atoms with E-state index in [1.54, 1.807) is 12.1 Å². The average Bonchev–Trinajstić information content (AvgIpc) is 2.44. The van der Waals surface area contributed by atoms with Crippen molar-refractivity contribution in [3.63, 3.8) is 0 Å². The van der Waals surface area contributed by atoms with Crippen LogP contribution in [0.4, 0.5) is 0 Å². The summed E-state index contributed by atoms with van der Waals surface area (Å²) in [5.74, 6) is 0.705. The van der Waals surface area contributed by atoms with Crippen molar-refractivity contribution in [2.24, 2.45) is 5.73 Å². The van der Waals surface area contributed by atoms with Crippen molar-refractivity contribution in [3.8, 4) is 5.75 Å². The Balaban J connectivity index is 2.35. The van der Waals surface area contributed by atoms with Gasteiger partial charge < -0.3 is 15.8 Å². The fraction of sp³-hybridized carbons (Fsp3) is 0.467. The second-order valence-electron chi connectivity index (χ2n) is 4.55. The third-order valence-electron chi connectivity index (χ3n) is 2.77. The van der Waals surface area contributed by atoms with Crippen LogP contribution in [0.1, 0.15) is 43.0 Å². The molecular weight excluding hydrogens is 272 g/mol. The number of thiocarbonyl (C=S) groups is 1. The minimum absolute atomic E-state index is 0.0898. The lowest BCUT2D eigenvalue weighted by atomic mass is 10.2. The highest BCUT2D eigenvalue weighted by molar-refractivity contribution is 7.80. The smallest absolute Gasteiger partial charge is 0.251 e. The van der Waals surface area contributed by atoms with Gasteiger partial charge in [0.15, 0.2) is 0 Å². The normalized spacial score (nSPS) is 10.1. The summed E-state index contributed by atoms with van der Waals surface area (Å²) in [4.78, 5) is 12.3. The molecule has 1 aromatic rings. The first-order valence-corrected chi connectivity index (χ1v) is 7.33. The van der Waals surface area contributed by atoms with Crippen molar-refractivity contribution >= 4 is 23.1 Å². The lowest BCUT2D eigenvalue weighted by Gasteiger charge is -2.07. The van der Waals surface area contributed by atoms with Crippen LogP contribution in [0, 0.1) is 0 Å². The van der Waals surface area contributed by atoms with Crippen LogP contribution in [0.5, 0.6) is 5.75 Å². The minimum atomic E-state index is -0.0898. The number of amides is 1. The number of hydrogen-bond acceptors (Lipinski definition) is 3. The Hall–Kier alpha value is -1.62. The zero-order chi connectivity index (χ0) is 14.8. The van der Waals surface area contributed by atoms with Crippen molar-refractivity contribution in [1.82, 2.24) is 5.32 Å². The Morgan fingerprint density at radius 3 is 2.60 bits per heavy atom. The maximum Gasteiger partial charge on any atom is 0.251 e. The summed E-state index contributed by atoms with van der Waals surface area (Å²) in [6.07, 6.45) is 3.55. The largest absolute Gasteiger partial charge is 0.494 e. The van der Waals surface area contributed by atoms with Gasteiger partial charge in [0.2, 0.25) is 0 Å². The maximum absolute atomic E-state index is 11.8. The molecule has 0 spiro atoms. The molecule has 1 aromatic carbocycles. The summed E-state index contributed by atoms with van der Waals surface area (Å²) in [6.45, 7) is 3.40. The molecule has 0 atom stereocenters. The molecule has 0 aromatic heterocycles. The Bertz CT molecular complexity index is 432. The van der Waals surface area contributed by atoms with E-state index >= 15 is 0 Å². The molecule has 0 saturated heterocycles. The first kappa shape index (κ1) is 16.4. The summed E-state index contributed by atoms with van der Waals surface area (Å²) in [7, 11) is 0. The number of rotatable bonds is 9. The van der Waals surface area contributed by atoms with Crippen LogP contribution in [-0.2, 0) is 0 Å². The number of carbonyl (C=O) groups is 1. The van der Waals surface area contributed by atoms with Gasteiger partial charge in [-0.25, -0.2) is 0 Å². The van der Waals surface area contributed by atoms with E-state index in [1.807, 2.05) is 12.1 Å². The Morgan fingerprint density at radius 1 is 1.30 bits per heavy atom. The second-order valence-corrected chi connectivity index (χ2v) is 5.08. The highest BCUT2D eigenvalue weighted by Gasteiger charge is 2.05. The van der Waals surface area contributed by atoms with E-state index in [1.165, 1.54) is 0 Å². The molecule has 0 saturated carbocycles. The predicted octanol–water partition coefficient (Wildman–Crippen LogP) is 2.66. The molecule has 0 heterocycles. The van der Waals surface area contributed by atoms with Crippen molar-refractivity contribution < 1.29 is 9.53 Å². The zero-order valence-electron chi connectivity index (χ0n) is 11.9. The minimum Gasteiger partial charge on any atom is -0.494 e. The van der Waals surface area contributed by atoms with Crippen LogP contribution in [0.3, 0.4) is 0 Å². The van der Waals surface area contributed by atoms with Crippen LogP contribution >= 0.6 is 12.2 Å². The standard InChI is InChI=1S/C15H22N2O2S/c1-2-3-11-19-13-8-6-12(7-9-13)15(18)17-10-4-5-14(16)20/h6-9H,2-5,10-11H2,1H3,(H2,16,20)(H,17,18). The molecule has 0 bridgehead atoms. The van der Waals surface area contributed by atoms with Crippen molar-refractivity contribution in [1.29, 1.82) is 0 Å². The molecule has 3 N–H and O–H groups in total. The monoisotopic (exact) mass is 294 g/mol. The molecule has 1 rings (SSSR count). The van der Waals surface area contributed by atoms with Crippen molar-refractivity contribution in [2.45, 2.75) is 32.6 Å². The number of hydrogen-bond donors (Lipinski definition) is 2. The van der Waals surface area contributed by atoms with E-state index in [-0.39, 0.29) is 5.91 Å². The maximum atomic E-state index is 11.8. The van der Waals surface area contributed by atoms with E-state index in [9.17, 15) is 4.79 Å². The molecule has 0 unspecified atom stereocenters. The van der Waals surface area contributed by atoms with E-state index < -0.39 is 0 Å². The lowest BCUT2D eigenvalue weighted by Crippen LogP contribution is -2.25. The van der Waals surface area contributed by atoms with Gasteiger partial charge in [0, 0.05) is 12.1 Å². The zero-order valence-corrected chi connectivity index (χ0v) is 12.7. The van der Waals surface area contributed by atoms with Crippen molar-refractivity contribution in [3.05, 3.63) is 29.8 Å².